The van der Waals surface area contributed by atoms with Crippen LogP contribution in [0.1, 0.15) is 38.7 Å². The zero-order valence-electron chi connectivity index (χ0n) is 16.9. The van der Waals surface area contributed by atoms with E-state index in [0.29, 0.717) is 17.5 Å². The van der Waals surface area contributed by atoms with Crippen molar-refractivity contribution in [3.8, 4) is 0 Å². The van der Waals surface area contributed by atoms with Gasteiger partial charge in [-0.15, -0.1) is 0 Å². The summed E-state index contributed by atoms with van der Waals surface area (Å²) in [5.41, 5.74) is 1.01. The standard InChI is InChI=1S/C19H32N4O2S2/c1-14(2)23(4)27(24,25)18-10-6-15(7-11-18)13-21-19(20-3)22-16-8-9-17(12-16)26-5/h6-7,10-11,14,16-17H,8-9,12-13H2,1-5H3,(H2,20,21,22). The van der Waals surface area contributed by atoms with Gasteiger partial charge in [-0.1, -0.05) is 12.1 Å². The molecule has 0 amide bonds. The Morgan fingerprint density at radius 2 is 1.96 bits per heavy atom. The molecular formula is C19H32N4O2S2. The van der Waals surface area contributed by atoms with Crippen molar-refractivity contribution in [2.24, 2.45) is 4.99 Å². The highest BCUT2D eigenvalue weighted by atomic mass is 32.2. The summed E-state index contributed by atoms with van der Waals surface area (Å²) in [6, 6.07) is 7.42. The van der Waals surface area contributed by atoms with Gasteiger partial charge in [0.25, 0.3) is 0 Å². The van der Waals surface area contributed by atoms with Gasteiger partial charge in [0.2, 0.25) is 10.0 Å². The summed E-state index contributed by atoms with van der Waals surface area (Å²) in [5, 5.41) is 7.54. The number of nitrogens with zero attached hydrogens (tertiary/aromatic N) is 2. The van der Waals surface area contributed by atoms with Crippen LogP contribution < -0.4 is 10.6 Å². The molecule has 2 N–H and O–H groups in total. The average Bonchev–Trinajstić information content (AvgIpc) is 3.12. The van der Waals surface area contributed by atoms with Gasteiger partial charge in [-0.2, -0.15) is 16.1 Å². The monoisotopic (exact) mass is 412 g/mol. The summed E-state index contributed by atoms with van der Waals surface area (Å²) in [7, 11) is -0.0611. The highest BCUT2D eigenvalue weighted by Crippen LogP contribution is 2.28. The molecule has 0 radical (unpaired) electrons. The molecule has 27 heavy (non-hydrogen) atoms. The fourth-order valence-corrected chi connectivity index (χ4v) is 5.25. The van der Waals surface area contributed by atoms with E-state index in [9.17, 15) is 8.42 Å². The van der Waals surface area contributed by atoms with Gasteiger partial charge in [0.05, 0.1) is 4.90 Å². The second-order valence-corrected chi connectivity index (χ2v) is 10.3. The van der Waals surface area contributed by atoms with E-state index in [0.717, 1.165) is 23.2 Å². The topological polar surface area (TPSA) is 73.8 Å². The summed E-state index contributed by atoms with van der Waals surface area (Å²) in [6.07, 6.45) is 5.75. The lowest BCUT2D eigenvalue weighted by Crippen LogP contribution is -2.42. The maximum atomic E-state index is 12.5. The van der Waals surface area contributed by atoms with Crippen LogP contribution in [0.4, 0.5) is 0 Å². The van der Waals surface area contributed by atoms with Crippen LogP contribution in [-0.2, 0) is 16.6 Å². The normalized spacial score (nSPS) is 21.1. The molecule has 1 aromatic rings. The molecule has 2 unspecified atom stereocenters. The van der Waals surface area contributed by atoms with Crippen LogP contribution in [0.15, 0.2) is 34.2 Å². The van der Waals surface area contributed by atoms with Gasteiger partial charge in [-0.05, 0) is 57.1 Å². The third-order valence-corrected chi connectivity index (χ3v) is 8.21. The number of guanidine groups is 1. The van der Waals surface area contributed by atoms with Crippen LogP contribution in [0.5, 0.6) is 0 Å². The van der Waals surface area contributed by atoms with Crippen LogP contribution in [0, 0.1) is 0 Å². The van der Waals surface area contributed by atoms with E-state index in [1.807, 2.05) is 37.7 Å². The Bertz CT molecular complexity index is 733. The molecule has 0 spiro atoms. The Kier molecular flexibility index (Phi) is 8.00. The fourth-order valence-electron chi connectivity index (χ4n) is 3.08. The van der Waals surface area contributed by atoms with Crippen molar-refractivity contribution in [2.45, 2.75) is 61.9 Å². The number of rotatable bonds is 7. The Hall–Kier alpha value is -1.25. The lowest BCUT2D eigenvalue weighted by atomic mass is 10.2. The molecule has 0 aromatic heterocycles. The Morgan fingerprint density at radius 1 is 1.30 bits per heavy atom. The summed E-state index contributed by atoms with van der Waals surface area (Å²) in [4.78, 5) is 4.62. The first kappa shape index (κ1) is 22.0. The SMILES string of the molecule is CN=C(NCc1ccc(S(=O)(=O)N(C)C(C)C)cc1)NC1CCC(SC)C1. The van der Waals surface area contributed by atoms with Crippen molar-refractivity contribution >= 4 is 27.7 Å². The minimum atomic E-state index is -3.44. The van der Waals surface area contributed by atoms with E-state index < -0.39 is 10.0 Å². The number of nitrogens with one attached hydrogen (secondary N) is 2. The minimum Gasteiger partial charge on any atom is -0.354 e. The number of thioether (sulfide) groups is 1. The van der Waals surface area contributed by atoms with Gasteiger partial charge in [0.1, 0.15) is 0 Å². The van der Waals surface area contributed by atoms with Gasteiger partial charge < -0.3 is 10.6 Å². The quantitative estimate of drug-likeness (QED) is 0.532. The van der Waals surface area contributed by atoms with E-state index in [2.05, 4.69) is 21.9 Å². The molecule has 8 heteroatoms. The second kappa shape index (κ2) is 9.80. The number of aliphatic imine (C=N–C) groups is 1. The van der Waals surface area contributed by atoms with Gasteiger partial charge >= 0.3 is 0 Å². The predicted octanol–water partition coefficient (Wildman–Crippen LogP) is 2.66. The van der Waals surface area contributed by atoms with Crippen molar-refractivity contribution in [1.29, 1.82) is 0 Å². The lowest BCUT2D eigenvalue weighted by molar-refractivity contribution is 0.410. The number of sulfonamides is 1. The van der Waals surface area contributed by atoms with Crippen LogP contribution in [0.2, 0.25) is 0 Å². The van der Waals surface area contributed by atoms with Gasteiger partial charge in [0, 0.05) is 38.0 Å². The van der Waals surface area contributed by atoms with E-state index in [1.165, 1.54) is 17.1 Å². The first-order valence-corrected chi connectivity index (χ1v) is 12.1. The maximum Gasteiger partial charge on any atom is 0.243 e. The predicted molar refractivity (Wildman–Crippen MR) is 115 cm³/mol. The Labute approximate surface area is 168 Å². The summed E-state index contributed by atoms with van der Waals surface area (Å²) >= 11 is 1.94. The van der Waals surface area contributed by atoms with Crippen LogP contribution in [0.3, 0.4) is 0 Å². The van der Waals surface area contributed by atoms with E-state index in [4.69, 9.17) is 0 Å². The largest absolute Gasteiger partial charge is 0.354 e. The van der Waals surface area contributed by atoms with Crippen LogP contribution >= 0.6 is 11.8 Å². The summed E-state index contributed by atoms with van der Waals surface area (Å²) in [6.45, 7) is 4.32. The Balaban J connectivity index is 1.92. The zero-order valence-corrected chi connectivity index (χ0v) is 18.5. The zero-order chi connectivity index (χ0) is 20.0. The molecule has 2 atom stereocenters. The Morgan fingerprint density at radius 3 is 2.48 bits per heavy atom. The summed E-state index contributed by atoms with van der Waals surface area (Å²) in [5.74, 6) is 0.790. The van der Waals surface area contributed by atoms with Crippen LogP contribution in [0.25, 0.3) is 0 Å². The maximum absolute atomic E-state index is 12.5. The molecule has 6 nitrogen and oxygen atoms in total. The average molecular weight is 413 g/mol. The fraction of sp³-hybridized carbons (Fsp3) is 0.632. The third-order valence-electron chi connectivity index (χ3n) is 5.07. The van der Waals surface area contributed by atoms with Crippen molar-refractivity contribution in [3.63, 3.8) is 0 Å². The van der Waals surface area contributed by atoms with E-state index >= 15 is 0 Å². The lowest BCUT2D eigenvalue weighted by Gasteiger charge is -2.21. The molecule has 0 bridgehead atoms. The van der Waals surface area contributed by atoms with Crippen molar-refractivity contribution in [1.82, 2.24) is 14.9 Å². The molecule has 0 aliphatic heterocycles. The van der Waals surface area contributed by atoms with E-state index in [-0.39, 0.29) is 6.04 Å². The van der Waals surface area contributed by atoms with Crippen molar-refractivity contribution in [2.75, 3.05) is 20.4 Å². The molecule has 1 aliphatic rings. The molecule has 0 heterocycles. The molecule has 1 aliphatic carbocycles. The van der Waals surface area contributed by atoms with Crippen molar-refractivity contribution < 1.29 is 8.42 Å². The highest BCUT2D eigenvalue weighted by Gasteiger charge is 2.25. The molecule has 1 aromatic carbocycles. The van der Waals surface area contributed by atoms with E-state index in [1.54, 1.807) is 26.2 Å². The molecule has 0 saturated heterocycles. The molecule has 152 valence electrons. The van der Waals surface area contributed by atoms with Crippen LogP contribution in [-0.4, -0.2) is 56.4 Å². The molecular weight excluding hydrogens is 380 g/mol. The number of hydrogen-bond donors (Lipinski definition) is 2. The first-order chi connectivity index (χ1) is 12.8. The first-order valence-electron chi connectivity index (χ1n) is 9.35. The summed E-state index contributed by atoms with van der Waals surface area (Å²) < 4.78 is 26.4. The molecule has 1 saturated carbocycles. The number of hydrogen-bond acceptors (Lipinski definition) is 4. The third kappa shape index (κ3) is 5.86. The van der Waals surface area contributed by atoms with Gasteiger partial charge in [-0.25, -0.2) is 8.42 Å². The van der Waals surface area contributed by atoms with Gasteiger partial charge in [-0.3, -0.25) is 4.99 Å². The molecule has 1 fully saturated rings. The smallest absolute Gasteiger partial charge is 0.243 e. The number of benzene rings is 1. The van der Waals surface area contributed by atoms with Crippen molar-refractivity contribution in [3.05, 3.63) is 29.8 Å². The van der Waals surface area contributed by atoms with Gasteiger partial charge in [0.15, 0.2) is 5.96 Å². The highest BCUT2D eigenvalue weighted by molar-refractivity contribution is 7.99. The second-order valence-electron chi connectivity index (χ2n) is 7.20. The minimum absolute atomic E-state index is 0.0768. The molecule has 2 rings (SSSR count).